The van der Waals surface area contributed by atoms with Crippen molar-refractivity contribution in [3.63, 3.8) is 0 Å². The number of hydrogen-bond acceptors (Lipinski definition) is 4. The zero-order valence-corrected chi connectivity index (χ0v) is 20.0. The summed E-state index contributed by atoms with van der Waals surface area (Å²) in [4.78, 5) is 31.5. The van der Waals surface area contributed by atoms with Gasteiger partial charge in [0.15, 0.2) is 0 Å². The minimum atomic E-state index is -0.876. The highest BCUT2D eigenvalue weighted by Crippen LogP contribution is 2.34. The number of rotatable bonds is 8. The molecule has 3 heterocycles. The summed E-state index contributed by atoms with van der Waals surface area (Å²) in [5.41, 5.74) is 0.902. The van der Waals surface area contributed by atoms with E-state index in [0.29, 0.717) is 18.8 Å². The molecule has 2 amide bonds. The largest absolute Gasteiger partial charge is 0.351 e. The number of nitrogens with one attached hydrogen (secondary N) is 1. The van der Waals surface area contributed by atoms with Crippen molar-refractivity contribution in [1.82, 2.24) is 19.7 Å². The van der Waals surface area contributed by atoms with Crippen molar-refractivity contribution < 1.29 is 9.59 Å². The lowest BCUT2D eigenvalue weighted by Gasteiger charge is -2.45. The van der Waals surface area contributed by atoms with Crippen molar-refractivity contribution in [2.75, 3.05) is 26.2 Å². The number of carbonyl (C=O) groups is 2. The van der Waals surface area contributed by atoms with Crippen LogP contribution < -0.4 is 5.32 Å². The summed E-state index contributed by atoms with van der Waals surface area (Å²) >= 11 is 1.65. The first-order valence-corrected chi connectivity index (χ1v) is 12.8. The average molecular weight is 445 g/mol. The minimum Gasteiger partial charge on any atom is -0.351 e. The maximum Gasteiger partial charge on any atom is 0.271 e. The number of carbonyl (C=O) groups excluding carboxylic acids is 2. The zero-order valence-electron chi connectivity index (χ0n) is 19.2. The lowest BCUT2D eigenvalue weighted by Crippen LogP contribution is -2.65. The second-order valence-corrected chi connectivity index (χ2v) is 10.2. The standard InChI is InChI=1S/C24H36N4O2S/c1-4-26(5-2)13-9-14-28-22(29)20-16-21-19(12-15-31-21)27(20)17-24(28,3)23(30)25-18-10-7-6-8-11-18/h12,15-16,18H,4-11,13-14,17H2,1-3H3,(H,25,30). The van der Waals surface area contributed by atoms with E-state index in [1.807, 2.05) is 17.9 Å². The van der Waals surface area contributed by atoms with Gasteiger partial charge in [-0.3, -0.25) is 9.59 Å². The summed E-state index contributed by atoms with van der Waals surface area (Å²) in [6, 6.07) is 4.29. The van der Waals surface area contributed by atoms with Crippen LogP contribution in [0.5, 0.6) is 0 Å². The van der Waals surface area contributed by atoms with Crippen molar-refractivity contribution in [3.8, 4) is 0 Å². The van der Waals surface area contributed by atoms with Crippen LogP contribution in [0.25, 0.3) is 10.2 Å². The van der Waals surface area contributed by atoms with Crippen LogP contribution in [0.4, 0.5) is 0 Å². The molecule has 2 aromatic rings. The van der Waals surface area contributed by atoms with Gasteiger partial charge < -0.3 is 19.7 Å². The van der Waals surface area contributed by atoms with E-state index in [-0.39, 0.29) is 17.9 Å². The first kappa shape index (κ1) is 22.3. The number of hydrogen-bond donors (Lipinski definition) is 1. The van der Waals surface area contributed by atoms with E-state index < -0.39 is 5.54 Å². The van der Waals surface area contributed by atoms with E-state index in [1.165, 1.54) is 19.3 Å². The van der Waals surface area contributed by atoms with Gasteiger partial charge in [0, 0.05) is 12.6 Å². The summed E-state index contributed by atoms with van der Waals surface area (Å²) in [5.74, 6) is -0.0196. The Morgan fingerprint density at radius 2 is 2.00 bits per heavy atom. The fraction of sp³-hybridized carbons (Fsp3) is 0.667. The average Bonchev–Trinajstić information content (AvgIpc) is 3.36. The lowest BCUT2D eigenvalue weighted by atomic mass is 9.91. The molecule has 1 atom stereocenters. The first-order chi connectivity index (χ1) is 15.0. The molecule has 1 unspecified atom stereocenters. The van der Waals surface area contributed by atoms with Crippen molar-refractivity contribution >= 4 is 33.4 Å². The molecule has 2 aliphatic rings. The van der Waals surface area contributed by atoms with E-state index in [4.69, 9.17) is 0 Å². The monoisotopic (exact) mass is 444 g/mol. The molecule has 31 heavy (non-hydrogen) atoms. The minimum absolute atomic E-state index is 0.00156. The summed E-state index contributed by atoms with van der Waals surface area (Å²) in [6.07, 6.45) is 6.55. The van der Waals surface area contributed by atoms with Crippen LogP contribution in [-0.2, 0) is 11.3 Å². The van der Waals surface area contributed by atoms with E-state index in [1.54, 1.807) is 11.3 Å². The lowest BCUT2D eigenvalue weighted by molar-refractivity contribution is -0.133. The molecule has 4 rings (SSSR count). The van der Waals surface area contributed by atoms with Gasteiger partial charge in [0.05, 0.1) is 16.8 Å². The molecule has 1 fully saturated rings. The third kappa shape index (κ3) is 4.27. The summed E-state index contributed by atoms with van der Waals surface area (Å²) < 4.78 is 3.18. The predicted molar refractivity (Wildman–Crippen MR) is 127 cm³/mol. The normalized spacial score (nSPS) is 22.3. The Hall–Kier alpha value is -1.86. The van der Waals surface area contributed by atoms with Crippen molar-refractivity contribution in [1.29, 1.82) is 0 Å². The maximum absolute atomic E-state index is 13.6. The molecule has 2 aromatic heterocycles. The number of amides is 2. The second kappa shape index (κ2) is 9.33. The van der Waals surface area contributed by atoms with E-state index >= 15 is 0 Å². The van der Waals surface area contributed by atoms with Gasteiger partial charge in [0.2, 0.25) is 5.91 Å². The molecule has 0 spiro atoms. The molecule has 1 aliphatic carbocycles. The topological polar surface area (TPSA) is 57.6 Å². The van der Waals surface area contributed by atoms with Gasteiger partial charge in [0.1, 0.15) is 11.2 Å². The van der Waals surface area contributed by atoms with Gasteiger partial charge in [-0.25, -0.2) is 0 Å². The van der Waals surface area contributed by atoms with E-state index in [0.717, 1.165) is 49.1 Å². The smallest absolute Gasteiger partial charge is 0.271 e. The van der Waals surface area contributed by atoms with Crippen molar-refractivity contribution in [2.24, 2.45) is 0 Å². The van der Waals surface area contributed by atoms with Crippen LogP contribution in [0.15, 0.2) is 17.5 Å². The SMILES string of the molecule is CCN(CC)CCCN1C(=O)c2cc3sccc3n2CC1(C)C(=O)NC1CCCCC1. The van der Waals surface area contributed by atoms with Gasteiger partial charge >= 0.3 is 0 Å². The Labute approximate surface area is 189 Å². The van der Waals surface area contributed by atoms with Crippen LogP contribution in [-0.4, -0.2) is 63.9 Å². The second-order valence-electron chi connectivity index (χ2n) is 9.21. The number of thiophene rings is 1. The zero-order chi connectivity index (χ0) is 22.0. The van der Waals surface area contributed by atoms with Crippen LogP contribution in [0, 0.1) is 0 Å². The fourth-order valence-corrected chi connectivity index (χ4v) is 6.03. The van der Waals surface area contributed by atoms with Crippen LogP contribution in [0.3, 0.4) is 0 Å². The third-order valence-electron chi connectivity index (χ3n) is 7.23. The van der Waals surface area contributed by atoms with Crippen molar-refractivity contribution in [2.45, 2.75) is 77.4 Å². The van der Waals surface area contributed by atoms with Gasteiger partial charge in [-0.15, -0.1) is 11.3 Å². The van der Waals surface area contributed by atoms with Crippen LogP contribution >= 0.6 is 11.3 Å². The quantitative estimate of drug-likeness (QED) is 0.667. The molecular formula is C24H36N4O2S. The first-order valence-electron chi connectivity index (χ1n) is 11.9. The van der Waals surface area contributed by atoms with Crippen LogP contribution in [0.1, 0.15) is 69.8 Å². The Morgan fingerprint density at radius 1 is 1.26 bits per heavy atom. The van der Waals surface area contributed by atoms with Gasteiger partial charge in [-0.2, -0.15) is 0 Å². The molecule has 0 bridgehead atoms. The van der Waals surface area contributed by atoms with Crippen molar-refractivity contribution in [3.05, 3.63) is 23.2 Å². The number of fused-ring (bicyclic) bond motifs is 3. The van der Waals surface area contributed by atoms with Crippen LogP contribution in [0.2, 0.25) is 0 Å². The Bertz CT molecular complexity index is 925. The summed E-state index contributed by atoms with van der Waals surface area (Å²) in [7, 11) is 0. The molecule has 1 saturated carbocycles. The predicted octanol–water partition coefficient (Wildman–Crippen LogP) is 4.10. The van der Waals surface area contributed by atoms with E-state index in [9.17, 15) is 9.59 Å². The van der Waals surface area contributed by atoms with Gasteiger partial charge in [-0.1, -0.05) is 33.1 Å². The molecule has 0 radical (unpaired) electrons. The molecule has 0 aromatic carbocycles. The third-order valence-corrected chi connectivity index (χ3v) is 8.08. The summed E-state index contributed by atoms with van der Waals surface area (Å²) in [6.45, 7) is 10.3. The van der Waals surface area contributed by atoms with Gasteiger partial charge in [0.25, 0.3) is 5.91 Å². The molecule has 0 saturated heterocycles. The molecule has 7 heteroatoms. The maximum atomic E-state index is 13.6. The number of nitrogens with zero attached hydrogens (tertiary/aromatic N) is 3. The summed E-state index contributed by atoms with van der Waals surface area (Å²) in [5, 5.41) is 5.37. The molecule has 1 N–H and O–H groups in total. The van der Waals surface area contributed by atoms with Gasteiger partial charge in [-0.05, 0) is 63.3 Å². The Morgan fingerprint density at radius 3 is 2.71 bits per heavy atom. The highest BCUT2D eigenvalue weighted by molar-refractivity contribution is 7.17. The Balaban J connectivity index is 1.60. The molecule has 170 valence electrons. The fourth-order valence-electron chi connectivity index (χ4n) is 5.20. The molecule has 6 nitrogen and oxygen atoms in total. The highest BCUT2D eigenvalue weighted by atomic mass is 32.1. The highest BCUT2D eigenvalue weighted by Gasteiger charge is 2.48. The Kier molecular flexibility index (Phi) is 6.72. The molecule has 1 aliphatic heterocycles. The molecular weight excluding hydrogens is 408 g/mol. The number of aromatic nitrogens is 1. The van der Waals surface area contributed by atoms with E-state index in [2.05, 4.69) is 40.1 Å².